The second-order valence-corrected chi connectivity index (χ2v) is 8.38. The predicted octanol–water partition coefficient (Wildman–Crippen LogP) is 3.42. The highest BCUT2D eigenvalue weighted by Crippen LogP contribution is 2.40. The molecule has 0 radical (unpaired) electrons. The van der Waals surface area contributed by atoms with Crippen LogP contribution in [0.3, 0.4) is 0 Å². The third-order valence-corrected chi connectivity index (χ3v) is 6.44. The van der Waals surface area contributed by atoms with E-state index in [-0.39, 0.29) is 17.6 Å². The Morgan fingerprint density at radius 2 is 1.87 bits per heavy atom. The molecule has 0 atom stereocenters. The predicted molar refractivity (Wildman–Crippen MR) is 119 cm³/mol. The first-order valence-corrected chi connectivity index (χ1v) is 11.2. The Kier molecular flexibility index (Phi) is 7.82. The molecule has 1 aliphatic carbocycles. The molecule has 7 nitrogen and oxygen atoms in total. The molecule has 0 unspecified atom stereocenters. The molecule has 1 aliphatic heterocycles. The monoisotopic (exact) mass is 416 g/mol. The lowest BCUT2D eigenvalue weighted by Crippen LogP contribution is -2.49. The number of guanidine groups is 1. The second kappa shape index (κ2) is 10.5. The molecule has 1 amide bonds. The third-order valence-electron chi connectivity index (χ3n) is 6.44. The SMILES string of the molecule is CCOC(=O)N1CCC(NC(N)=NCC2(c3ccc(OC)cc3)CCCCC2)CC1. The van der Waals surface area contributed by atoms with Gasteiger partial charge in [0.2, 0.25) is 0 Å². The van der Waals surface area contributed by atoms with Gasteiger partial charge in [0.15, 0.2) is 5.96 Å². The summed E-state index contributed by atoms with van der Waals surface area (Å²) in [7, 11) is 1.69. The van der Waals surface area contributed by atoms with Gasteiger partial charge >= 0.3 is 6.09 Å². The molecule has 3 N–H and O–H groups in total. The topological polar surface area (TPSA) is 89.2 Å². The number of nitrogens with one attached hydrogen (secondary N) is 1. The summed E-state index contributed by atoms with van der Waals surface area (Å²) in [6.45, 7) is 4.29. The van der Waals surface area contributed by atoms with Gasteiger partial charge in [0.1, 0.15) is 5.75 Å². The van der Waals surface area contributed by atoms with Gasteiger partial charge in [-0.25, -0.2) is 4.79 Å². The standard InChI is InChI=1S/C23H36N4O3/c1-3-30-22(28)27-15-11-19(12-16-27)26-21(24)25-17-23(13-5-4-6-14-23)18-7-9-20(29-2)10-8-18/h7-10,19H,3-6,11-17H2,1-2H3,(H3,24,25,26). The molecule has 1 saturated heterocycles. The number of carbonyl (C=O) groups is 1. The van der Waals surface area contributed by atoms with Crippen molar-refractivity contribution in [3.63, 3.8) is 0 Å². The lowest BCUT2D eigenvalue weighted by atomic mass is 9.69. The van der Waals surface area contributed by atoms with Crippen molar-refractivity contribution >= 4 is 12.1 Å². The van der Waals surface area contributed by atoms with E-state index in [1.54, 1.807) is 12.0 Å². The number of ether oxygens (including phenoxy) is 2. The van der Waals surface area contributed by atoms with Gasteiger partial charge in [-0.15, -0.1) is 0 Å². The normalized spacial score (nSPS) is 19.9. The van der Waals surface area contributed by atoms with Crippen molar-refractivity contribution in [2.24, 2.45) is 10.7 Å². The number of methoxy groups -OCH3 is 1. The number of likely N-dealkylation sites (tertiary alicyclic amines) is 1. The molecular formula is C23H36N4O3. The van der Waals surface area contributed by atoms with Gasteiger partial charge in [-0.2, -0.15) is 0 Å². The Morgan fingerprint density at radius 3 is 2.47 bits per heavy atom. The van der Waals surface area contributed by atoms with Crippen molar-refractivity contribution in [3.8, 4) is 5.75 Å². The van der Waals surface area contributed by atoms with Crippen LogP contribution < -0.4 is 15.8 Å². The van der Waals surface area contributed by atoms with Gasteiger partial charge in [-0.3, -0.25) is 4.99 Å². The van der Waals surface area contributed by atoms with Crippen LogP contribution in [-0.2, 0) is 10.2 Å². The highest BCUT2D eigenvalue weighted by Gasteiger charge is 2.34. The number of piperidine rings is 1. The van der Waals surface area contributed by atoms with Crippen LogP contribution in [0.1, 0.15) is 57.4 Å². The van der Waals surface area contributed by atoms with E-state index in [9.17, 15) is 4.79 Å². The van der Waals surface area contributed by atoms with Crippen molar-refractivity contribution in [1.82, 2.24) is 10.2 Å². The zero-order chi connectivity index (χ0) is 21.4. The molecular weight excluding hydrogens is 380 g/mol. The number of nitrogens with two attached hydrogens (primary N) is 1. The number of amides is 1. The van der Waals surface area contributed by atoms with Crippen LogP contribution in [0, 0.1) is 0 Å². The lowest BCUT2D eigenvalue weighted by molar-refractivity contribution is 0.0963. The van der Waals surface area contributed by atoms with Gasteiger partial charge in [-0.1, -0.05) is 31.4 Å². The van der Waals surface area contributed by atoms with Gasteiger partial charge in [0.05, 0.1) is 20.3 Å². The average Bonchev–Trinajstić information content (AvgIpc) is 2.79. The zero-order valence-electron chi connectivity index (χ0n) is 18.4. The van der Waals surface area contributed by atoms with Crippen molar-refractivity contribution in [3.05, 3.63) is 29.8 Å². The first-order chi connectivity index (χ1) is 14.6. The first kappa shape index (κ1) is 22.2. The molecule has 1 heterocycles. The summed E-state index contributed by atoms with van der Waals surface area (Å²) in [5, 5.41) is 3.37. The molecule has 1 aromatic carbocycles. The van der Waals surface area contributed by atoms with Crippen molar-refractivity contribution in [2.75, 3.05) is 33.4 Å². The van der Waals surface area contributed by atoms with Crippen LogP contribution in [-0.4, -0.2) is 56.3 Å². The number of nitrogens with zero attached hydrogens (tertiary/aromatic N) is 2. The molecule has 0 spiro atoms. The number of rotatable bonds is 6. The summed E-state index contributed by atoms with van der Waals surface area (Å²) in [5.74, 6) is 1.38. The minimum Gasteiger partial charge on any atom is -0.497 e. The van der Waals surface area contributed by atoms with Crippen LogP contribution in [0.5, 0.6) is 5.75 Å². The average molecular weight is 417 g/mol. The number of benzene rings is 1. The highest BCUT2D eigenvalue weighted by molar-refractivity contribution is 5.78. The van der Waals surface area contributed by atoms with Crippen molar-refractivity contribution in [2.45, 2.75) is 63.3 Å². The van der Waals surface area contributed by atoms with E-state index in [2.05, 4.69) is 17.4 Å². The number of carbonyl (C=O) groups excluding carboxylic acids is 1. The molecule has 2 aliphatic rings. The second-order valence-electron chi connectivity index (χ2n) is 8.38. The Balaban J connectivity index is 1.58. The van der Waals surface area contributed by atoms with E-state index in [0.29, 0.717) is 32.2 Å². The Morgan fingerprint density at radius 1 is 1.20 bits per heavy atom. The maximum atomic E-state index is 11.8. The van der Waals surface area contributed by atoms with Gasteiger partial charge < -0.3 is 25.4 Å². The van der Waals surface area contributed by atoms with Gasteiger partial charge in [-0.05, 0) is 50.3 Å². The maximum absolute atomic E-state index is 11.8. The summed E-state index contributed by atoms with van der Waals surface area (Å²) in [6, 6.07) is 8.66. The zero-order valence-corrected chi connectivity index (χ0v) is 18.4. The minimum atomic E-state index is -0.226. The van der Waals surface area contributed by atoms with Crippen LogP contribution in [0.2, 0.25) is 0 Å². The quantitative estimate of drug-likeness (QED) is 0.548. The Labute approximate surface area is 180 Å². The molecule has 3 rings (SSSR count). The van der Waals surface area contributed by atoms with Crippen LogP contribution >= 0.6 is 0 Å². The summed E-state index contributed by atoms with van der Waals surface area (Å²) in [5.41, 5.74) is 7.63. The fraction of sp³-hybridized carbons (Fsp3) is 0.652. The van der Waals surface area contributed by atoms with Crippen LogP contribution in [0.15, 0.2) is 29.3 Å². The van der Waals surface area contributed by atoms with Crippen molar-refractivity contribution < 1.29 is 14.3 Å². The summed E-state index contributed by atoms with van der Waals surface area (Å²) < 4.78 is 10.4. The fourth-order valence-electron chi connectivity index (χ4n) is 4.62. The highest BCUT2D eigenvalue weighted by atomic mass is 16.6. The Bertz CT molecular complexity index is 706. The lowest BCUT2D eigenvalue weighted by Gasteiger charge is -2.37. The van der Waals surface area contributed by atoms with Gasteiger partial charge in [0.25, 0.3) is 0 Å². The number of aliphatic imine (C=N–C) groups is 1. The van der Waals surface area contributed by atoms with Crippen LogP contribution in [0.25, 0.3) is 0 Å². The third kappa shape index (κ3) is 5.58. The molecule has 1 aromatic rings. The fourth-order valence-corrected chi connectivity index (χ4v) is 4.62. The summed E-state index contributed by atoms with van der Waals surface area (Å²) >= 11 is 0. The van der Waals surface area contributed by atoms with Crippen LogP contribution in [0.4, 0.5) is 4.79 Å². The summed E-state index contributed by atoms with van der Waals surface area (Å²) in [4.78, 5) is 18.4. The molecule has 0 bridgehead atoms. The maximum Gasteiger partial charge on any atom is 0.409 e. The molecule has 0 aromatic heterocycles. The van der Waals surface area contributed by atoms with Gasteiger partial charge in [0, 0.05) is 24.5 Å². The van der Waals surface area contributed by atoms with E-state index in [4.69, 9.17) is 20.2 Å². The molecule has 166 valence electrons. The van der Waals surface area contributed by atoms with E-state index >= 15 is 0 Å². The number of hydrogen-bond acceptors (Lipinski definition) is 4. The Hall–Kier alpha value is -2.44. The van der Waals surface area contributed by atoms with E-state index in [1.165, 1.54) is 24.8 Å². The number of hydrogen-bond donors (Lipinski definition) is 2. The molecule has 30 heavy (non-hydrogen) atoms. The van der Waals surface area contributed by atoms with Crippen molar-refractivity contribution in [1.29, 1.82) is 0 Å². The smallest absolute Gasteiger partial charge is 0.409 e. The van der Waals surface area contributed by atoms with E-state index in [1.807, 2.05) is 19.1 Å². The summed E-state index contributed by atoms with van der Waals surface area (Å²) in [6.07, 6.45) is 7.47. The first-order valence-electron chi connectivity index (χ1n) is 11.2. The largest absolute Gasteiger partial charge is 0.497 e. The van der Waals surface area contributed by atoms with E-state index < -0.39 is 0 Å². The molecule has 7 heteroatoms. The molecule has 2 fully saturated rings. The van der Waals surface area contributed by atoms with E-state index in [0.717, 1.165) is 31.4 Å². The molecule has 1 saturated carbocycles. The minimum absolute atomic E-state index is 0.0457.